The van der Waals surface area contributed by atoms with Crippen LogP contribution in [0.5, 0.6) is 0 Å². The molecule has 0 atom stereocenters. The van der Waals surface area contributed by atoms with E-state index >= 15 is 0 Å². The third-order valence-electron chi connectivity index (χ3n) is 4.93. The molecular formula is C20H25N3O6. The van der Waals surface area contributed by atoms with Crippen molar-refractivity contribution in [2.75, 3.05) is 13.1 Å². The maximum absolute atomic E-state index is 12.3. The van der Waals surface area contributed by atoms with Crippen LogP contribution in [0.3, 0.4) is 0 Å². The SMILES string of the molecule is O=C(NC1CCCN(C(=O)OCc2ccccc2)CCC1)ON1C(=O)CCC1=O. The molecule has 0 bridgehead atoms. The van der Waals surface area contributed by atoms with Gasteiger partial charge in [-0.1, -0.05) is 30.3 Å². The fraction of sp³-hybridized carbons (Fsp3) is 0.500. The van der Waals surface area contributed by atoms with Crippen molar-refractivity contribution in [2.45, 2.75) is 51.2 Å². The van der Waals surface area contributed by atoms with Gasteiger partial charge < -0.3 is 19.8 Å². The van der Waals surface area contributed by atoms with Crippen molar-refractivity contribution in [1.82, 2.24) is 15.3 Å². The highest BCUT2D eigenvalue weighted by Gasteiger charge is 2.33. The summed E-state index contributed by atoms with van der Waals surface area (Å²) in [6.45, 7) is 1.30. The van der Waals surface area contributed by atoms with E-state index in [2.05, 4.69) is 5.32 Å². The largest absolute Gasteiger partial charge is 0.445 e. The van der Waals surface area contributed by atoms with Gasteiger partial charge >= 0.3 is 12.2 Å². The van der Waals surface area contributed by atoms with Gasteiger partial charge in [0, 0.05) is 32.0 Å². The van der Waals surface area contributed by atoms with Crippen molar-refractivity contribution < 1.29 is 28.8 Å². The number of hydrogen-bond donors (Lipinski definition) is 1. The molecule has 2 heterocycles. The zero-order valence-electron chi connectivity index (χ0n) is 16.2. The fourth-order valence-corrected chi connectivity index (χ4v) is 3.38. The first-order valence-electron chi connectivity index (χ1n) is 9.83. The molecule has 29 heavy (non-hydrogen) atoms. The Morgan fingerprint density at radius 1 is 1.00 bits per heavy atom. The minimum absolute atomic E-state index is 0.0613. The monoisotopic (exact) mass is 403 g/mol. The van der Waals surface area contributed by atoms with Crippen molar-refractivity contribution >= 4 is 24.0 Å². The van der Waals surface area contributed by atoms with Crippen LogP contribution < -0.4 is 5.32 Å². The second-order valence-corrected chi connectivity index (χ2v) is 7.11. The van der Waals surface area contributed by atoms with Gasteiger partial charge in [-0.25, -0.2) is 9.59 Å². The number of benzene rings is 1. The van der Waals surface area contributed by atoms with E-state index in [1.54, 1.807) is 4.90 Å². The van der Waals surface area contributed by atoms with Crippen LogP contribution in [-0.4, -0.2) is 53.1 Å². The maximum atomic E-state index is 12.3. The molecule has 156 valence electrons. The molecule has 3 rings (SSSR count). The van der Waals surface area contributed by atoms with Crippen molar-refractivity contribution in [3.8, 4) is 0 Å². The number of imide groups is 1. The van der Waals surface area contributed by atoms with Crippen LogP contribution in [-0.2, 0) is 25.8 Å². The van der Waals surface area contributed by atoms with Gasteiger partial charge in [0.25, 0.3) is 11.8 Å². The van der Waals surface area contributed by atoms with E-state index in [0.29, 0.717) is 43.8 Å². The van der Waals surface area contributed by atoms with Gasteiger partial charge in [-0.05, 0) is 31.2 Å². The number of amides is 4. The van der Waals surface area contributed by atoms with E-state index in [1.165, 1.54) is 0 Å². The Morgan fingerprint density at radius 3 is 2.24 bits per heavy atom. The van der Waals surface area contributed by atoms with E-state index in [0.717, 1.165) is 5.56 Å². The predicted octanol–water partition coefficient (Wildman–Crippen LogP) is 2.36. The van der Waals surface area contributed by atoms with Gasteiger partial charge in [0.2, 0.25) is 0 Å². The quantitative estimate of drug-likeness (QED) is 0.774. The Balaban J connectivity index is 1.39. The van der Waals surface area contributed by atoms with Crippen LogP contribution in [0.15, 0.2) is 30.3 Å². The normalized spacial score (nSPS) is 18.2. The Morgan fingerprint density at radius 2 is 1.62 bits per heavy atom. The van der Waals surface area contributed by atoms with Crippen LogP contribution >= 0.6 is 0 Å². The minimum atomic E-state index is -0.807. The molecule has 0 unspecified atom stereocenters. The molecule has 9 heteroatoms. The van der Waals surface area contributed by atoms with E-state index in [4.69, 9.17) is 9.57 Å². The molecule has 1 N–H and O–H groups in total. The topological polar surface area (TPSA) is 105 Å². The molecule has 1 aromatic carbocycles. The molecule has 2 aliphatic rings. The Kier molecular flexibility index (Phi) is 7.04. The van der Waals surface area contributed by atoms with E-state index < -0.39 is 17.9 Å². The summed E-state index contributed by atoms with van der Waals surface area (Å²) in [7, 11) is 0. The predicted molar refractivity (Wildman–Crippen MR) is 101 cm³/mol. The van der Waals surface area contributed by atoms with E-state index in [1.807, 2.05) is 30.3 Å². The van der Waals surface area contributed by atoms with E-state index in [-0.39, 0.29) is 31.6 Å². The summed E-state index contributed by atoms with van der Waals surface area (Å²) >= 11 is 0. The summed E-state index contributed by atoms with van der Waals surface area (Å²) in [5.74, 6) is -1.01. The Bertz CT molecular complexity index is 728. The third kappa shape index (κ3) is 5.94. The number of likely N-dealkylation sites (tertiary alicyclic amines) is 1. The number of hydroxylamine groups is 2. The second-order valence-electron chi connectivity index (χ2n) is 7.11. The summed E-state index contributed by atoms with van der Waals surface area (Å²) in [6.07, 6.45) is 1.65. The minimum Gasteiger partial charge on any atom is -0.445 e. The molecule has 9 nitrogen and oxygen atoms in total. The molecule has 0 saturated carbocycles. The van der Waals surface area contributed by atoms with Crippen molar-refractivity contribution in [2.24, 2.45) is 0 Å². The van der Waals surface area contributed by atoms with Gasteiger partial charge in [-0.2, -0.15) is 0 Å². The Hall–Kier alpha value is -3.10. The van der Waals surface area contributed by atoms with Gasteiger partial charge in [0.05, 0.1) is 0 Å². The van der Waals surface area contributed by atoms with Crippen LogP contribution in [0.2, 0.25) is 0 Å². The lowest BCUT2D eigenvalue weighted by atomic mass is 10.0. The first-order chi connectivity index (χ1) is 14.0. The molecular weight excluding hydrogens is 378 g/mol. The smallest absolute Gasteiger partial charge is 0.432 e. The van der Waals surface area contributed by atoms with Crippen LogP contribution in [0.1, 0.15) is 44.1 Å². The molecule has 0 aliphatic carbocycles. The number of carbonyl (C=O) groups is 4. The molecule has 2 fully saturated rings. The highest BCUT2D eigenvalue weighted by Crippen LogP contribution is 2.15. The molecule has 0 radical (unpaired) electrons. The summed E-state index contributed by atoms with van der Waals surface area (Å²) in [4.78, 5) is 53.8. The highest BCUT2D eigenvalue weighted by atomic mass is 16.7. The number of carbonyl (C=O) groups excluding carboxylic acids is 4. The van der Waals surface area contributed by atoms with Gasteiger partial charge in [-0.3, -0.25) is 9.59 Å². The third-order valence-corrected chi connectivity index (χ3v) is 4.93. The molecule has 2 saturated heterocycles. The molecule has 0 aromatic heterocycles. The number of ether oxygens (including phenoxy) is 1. The highest BCUT2D eigenvalue weighted by molar-refractivity contribution is 6.01. The number of nitrogens with zero attached hydrogens (tertiary/aromatic N) is 2. The molecule has 2 aliphatic heterocycles. The number of rotatable bonds is 4. The maximum Gasteiger partial charge on any atom is 0.432 e. The lowest BCUT2D eigenvalue weighted by molar-refractivity contribution is -0.171. The zero-order chi connectivity index (χ0) is 20.6. The molecule has 0 spiro atoms. The standard InChI is InChI=1S/C20H25N3O6/c24-17-10-11-18(25)23(17)29-19(26)21-16-8-4-12-22(13-5-9-16)20(27)28-14-15-6-2-1-3-7-15/h1-3,6-7,16H,4-5,8-14H2,(H,21,26). The zero-order valence-corrected chi connectivity index (χ0v) is 16.2. The van der Waals surface area contributed by atoms with Crippen LogP contribution in [0.25, 0.3) is 0 Å². The number of nitrogens with one attached hydrogen (secondary N) is 1. The first kappa shape index (κ1) is 20.6. The van der Waals surface area contributed by atoms with Crippen molar-refractivity contribution in [1.29, 1.82) is 0 Å². The van der Waals surface area contributed by atoms with Crippen molar-refractivity contribution in [3.63, 3.8) is 0 Å². The van der Waals surface area contributed by atoms with Crippen LogP contribution in [0.4, 0.5) is 9.59 Å². The summed E-state index contributed by atoms with van der Waals surface area (Å²) < 4.78 is 5.38. The van der Waals surface area contributed by atoms with Gasteiger partial charge in [0.15, 0.2) is 0 Å². The Labute approximate surface area is 168 Å². The summed E-state index contributed by atoms with van der Waals surface area (Å²) in [5.41, 5.74) is 0.936. The molecule has 4 amide bonds. The summed E-state index contributed by atoms with van der Waals surface area (Å²) in [5, 5.41) is 3.23. The average molecular weight is 403 g/mol. The average Bonchev–Trinajstić information content (AvgIpc) is 3.01. The first-order valence-corrected chi connectivity index (χ1v) is 9.83. The molecule has 1 aromatic rings. The summed E-state index contributed by atoms with van der Waals surface area (Å²) in [6, 6.07) is 9.36. The van der Waals surface area contributed by atoms with E-state index in [9.17, 15) is 19.2 Å². The van der Waals surface area contributed by atoms with Crippen molar-refractivity contribution in [3.05, 3.63) is 35.9 Å². The van der Waals surface area contributed by atoms with Gasteiger partial charge in [-0.15, -0.1) is 5.06 Å². The lowest BCUT2D eigenvalue weighted by Crippen LogP contribution is -2.43. The second kappa shape index (κ2) is 9.90. The lowest BCUT2D eigenvalue weighted by Gasteiger charge is -2.28. The number of hydrogen-bond acceptors (Lipinski definition) is 6. The fourth-order valence-electron chi connectivity index (χ4n) is 3.38. The van der Waals surface area contributed by atoms with Crippen LogP contribution in [0, 0.1) is 0 Å². The van der Waals surface area contributed by atoms with Gasteiger partial charge in [0.1, 0.15) is 6.61 Å².